The molecule has 5 heteroatoms. The number of hydrogen-bond acceptors (Lipinski definition) is 1. The zero-order chi connectivity index (χ0) is 14.0. The second-order valence-corrected chi connectivity index (χ2v) is 5.72. The Hall–Kier alpha value is -1.03. The highest BCUT2D eigenvalue weighted by molar-refractivity contribution is 9.10. The number of amides is 1. The first kappa shape index (κ1) is 14.4. The average molecular weight is 359 g/mol. The quantitative estimate of drug-likeness (QED) is 0.773. The zero-order valence-corrected chi connectivity index (χ0v) is 13.1. The number of carbonyl (C=O) groups excluding carboxylic acids is 1. The van der Waals surface area contributed by atoms with E-state index in [9.17, 15) is 4.79 Å². The molecule has 0 spiro atoms. The van der Waals surface area contributed by atoms with Crippen LogP contribution >= 0.6 is 39.1 Å². The van der Waals surface area contributed by atoms with Crippen LogP contribution in [-0.4, -0.2) is 5.91 Å². The molecule has 0 aliphatic rings. The van der Waals surface area contributed by atoms with Crippen LogP contribution in [0, 0.1) is 6.92 Å². The molecular formula is C14H10BrCl2NO. The summed E-state index contributed by atoms with van der Waals surface area (Å²) in [5, 5.41) is 3.88. The third-order valence-electron chi connectivity index (χ3n) is 2.61. The van der Waals surface area contributed by atoms with Gasteiger partial charge in [-0.3, -0.25) is 4.79 Å². The Balaban J connectivity index is 2.20. The van der Waals surface area contributed by atoms with Crippen LogP contribution in [-0.2, 0) is 0 Å². The summed E-state index contributed by atoms with van der Waals surface area (Å²) in [6, 6.07) is 10.4. The van der Waals surface area contributed by atoms with Gasteiger partial charge in [0.2, 0.25) is 0 Å². The van der Waals surface area contributed by atoms with Crippen molar-refractivity contribution in [3.63, 3.8) is 0 Å². The summed E-state index contributed by atoms with van der Waals surface area (Å²) >= 11 is 15.3. The molecule has 0 fully saturated rings. The molecule has 0 bridgehead atoms. The minimum Gasteiger partial charge on any atom is -0.322 e. The summed E-state index contributed by atoms with van der Waals surface area (Å²) in [6.45, 7) is 1.89. The lowest BCUT2D eigenvalue weighted by molar-refractivity contribution is 0.102. The summed E-state index contributed by atoms with van der Waals surface area (Å²) in [4.78, 5) is 12.0. The molecule has 0 aliphatic heterocycles. The predicted octanol–water partition coefficient (Wildman–Crippen LogP) is 5.32. The lowest BCUT2D eigenvalue weighted by Gasteiger charge is -2.07. The van der Waals surface area contributed by atoms with Gasteiger partial charge in [0.15, 0.2) is 0 Å². The Morgan fingerprint density at radius 1 is 1.11 bits per heavy atom. The number of aryl methyl sites for hydroxylation is 1. The first-order valence-electron chi connectivity index (χ1n) is 5.50. The van der Waals surface area contributed by atoms with Crippen LogP contribution in [0.4, 0.5) is 5.69 Å². The number of nitrogens with one attached hydrogen (secondary N) is 1. The highest BCUT2D eigenvalue weighted by Crippen LogP contribution is 2.26. The zero-order valence-electron chi connectivity index (χ0n) is 10.0. The fraction of sp³-hybridized carbons (Fsp3) is 0.0714. The number of carbonyl (C=O) groups is 1. The smallest absolute Gasteiger partial charge is 0.255 e. The summed E-state index contributed by atoms with van der Waals surface area (Å²) in [7, 11) is 0. The Morgan fingerprint density at radius 3 is 2.47 bits per heavy atom. The average Bonchev–Trinajstić information content (AvgIpc) is 2.37. The molecule has 98 valence electrons. The summed E-state index contributed by atoms with van der Waals surface area (Å²) in [6.07, 6.45) is 0. The number of anilines is 1. The van der Waals surface area contributed by atoms with Crippen LogP contribution in [0.2, 0.25) is 10.0 Å². The van der Waals surface area contributed by atoms with Gasteiger partial charge in [0.05, 0.1) is 5.02 Å². The molecule has 1 N–H and O–H groups in total. The second kappa shape index (κ2) is 5.95. The van der Waals surface area contributed by atoms with Crippen LogP contribution in [0.15, 0.2) is 40.9 Å². The van der Waals surface area contributed by atoms with Gasteiger partial charge in [-0.25, -0.2) is 0 Å². The third-order valence-corrected chi connectivity index (χ3v) is 4.25. The van der Waals surface area contributed by atoms with Crippen molar-refractivity contribution in [2.45, 2.75) is 6.92 Å². The fourth-order valence-corrected chi connectivity index (χ4v) is 2.12. The van der Waals surface area contributed by atoms with E-state index in [1.165, 1.54) is 0 Å². The van der Waals surface area contributed by atoms with Crippen LogP contribution in [0.25, 0.3) is 0 Å². The molecule has 0 radical (unpaired) electrons. The van der Waals surface area contributed by atoms with Crippen molar-refractivity contribution < 1.29 is 4.79 Å². The van der Waals surface area contributed by atoms with E-state index < -0.39 is 0 Å². The fourth-order valence-electron chi connectivity index (χ4n) is 1.51. The Morgan fingerprint density at radius 2 is 1.84 bits per heavy atom. The topological polar surface area (TPSA) is 29.1 Å². The van der Waals surface area contributed by atoms with Crippen molar-refractivity contribution in [1.82, 2.24) is 0 Å². The molecule has 0 unspecified atom stereocenters. The predicted molar refractivity (Wildman–Crippen MR) is 83.3 cm³/mol. The van der Waals surface area contributed by atoms with E-state index in [0.29, 0.717) is 21.3 Å². The number of rotatable bonds is 2. The minimum absolute atomic E-state index is 0.222. The molecule has 0 heterocycles. The molecule has 0 aromatic heterocycles. The van der Waals surface area contributed by atoms with Crippen LogP contribution in [0.3, 0.4) is 0 Å². The van der Waals surface area contributed by atoms with Crippen molar-refractivity contribution in [3.8, 4) is 0 Å². The molecule has 2 nitrogen and oxygen atoms in total. The number of hydrogen-bond donors (Lipinski definition) is 1. The molecule has 2 rings (SSSR count). The van der Waals surface area contributed by atoms with Crippen molar-refractivity contribution in [3.05, 3.63) is 62.0 Å². The van der Waals surface area contributed by atoms with Gasteiger partial charge in [-0.15, -0.1) is 0 Å². The maximum atomic E-state index is 12.0. The monoisotopic (exact) mass is 357 g/mol. The highest BCUT2D eigenvalue weighted by atomic mass is 79.9. The van der Waals surface area contributed by atoms with E-state index in [2.05, 4.69) is 21.2 Å². The van der Waals surface area contributed by atoms with Gasteiger partial charge in [-0.1, -0.05) is 29.3 Å². The van der Waals surface area contributed by atoms with E-state index in [1.807, 2.05) is 13.0 Å². The first-order chi connectivity index (χ1) is 8.97. The Labute approximate surface area is 129 Å². The highest BCUT2D eigenvalue weighted by Gasteiger charge is 2.08. The summed E-state index contributed by atoms with van der Waals surface area (Å²) in [5.41, 5.74) is 2.08. The van der Waals surface area contributed by atoms with Gasteiger partial charge >= 0.3 is 0 Å². The lowest BCUT2D eigenvalue weighted by Crippen LogP contribution is -2.11. The number of benzene rings is 2. The molecule has 19 heavy (non-hydrogen) atoms. The maximum absolute atomic E-state index is 12.0. The normalized spacial score (nSPS) is 10.3. The molecule has 0 saturated heterocycles. The van der Waals surface area contributed by atoms with Crippen molar-refractivity contribution in [1.29, 1.82) is 0 Å². The van der Waals surface area contributed by atoms with Crippen LogP contribution in [0.1, 0.15) is 15.9 Å². The molecule has 0 atom stereocenters. The Kier molecular flexibility index (Phi) is 4.50. The molecule has 0 aliphatic carbocycles. The van der Waals surface area contributed by atoms with Crippen molar-refractivity contribution in [2.75, 3.05) is 5.32 Å². The summed E-state index contributed by atoms with van der Waals surface area (Å²) < 4.78 is 0.783. The standard InChI is InChI=1S/C14H10BrCl2NO/c1-8-2-3-9(6-12(8)16)14(19)18-10-4-5-11(15)13(17)7-10/h2-7H,1H3,(H,18,19). The molecule has 1 amide bonds. The number of halogens is 3. The largest absolute Gasteiger partial charge is 0.322 e. The van der Waals surface area contributed by atoms with Gasteiger partial charge in [0, 0.05) is 20.7 Å². The Bertz CT molecular complexity index is 643. The second-order valence-electron chi connectivity index (χ2n) is 4.05. The van der Waals surface area contributed by atoms with Gasteiger partial charge < -0.3 is 5.32 Å². The van der Waals surface area contributed by atoms with E-state index in [0.717, 1.165) is 10.0 Å². The van der Waals surface area contributed by atoms with Crippen molar-refractivity contribution >= 4 is 50.7 Å². The first-order valence-corrected chi connectivity index (χ1v) is 7.05. The van der Waals surface area contributed by atoms with E-state index in [1.54, 1.807) is 30.3 Å². The minimum atomic E-state index is -0.222. The van der Waals surface area contributed by atoms with E-state index >= 15 is 0 Å². The van der Waals surface area contributed by atoms with E-state index in [4.69, 9.17) is 23.2 Å². The third kappa shape index (κ3) is 3.50. The van der Waals surface area contributed by atoms with Crippen LogP contribution in [0.5, 0.6) is 0 Å². The van der Waals surface area contributed by atoms with Gasteiger partial charge in [-0.05, 0) is 58.7 Å². The maximum Gasteiger partial charge on any atom is 0.255 e. The summed E-state index contributed by atoms with van der Waals surface area (Å²) in [5.74, 6) is -0.222. The molecule has 0 saturated carbocycles. The lowest BCUT2D eigenvalue weighted by atomic mass is 10.1. The molecule has 2 aromatic rings. The molecular weight excluding hydrogens is 349 g/mol. The molecule has 2 aromatic carbocycles. The van der Waals surface area contributed by atoms with Gasteiger partial charge in [-0.2, -0.15) is 0 Å². The van der Waals surface area contributed by atoms with E-state index in [-0.39, 0.29) is 5.91 Å². The van der Waals surface area contributed by atoms with Crippen LogP contribution < -0.4 is 5.32 Å². The SMILES string of the molecule is Cc1ccc(C(=O)Nc2ccc(Br)c(Cl)c2)cc1Cl. The van der Waals surface area contributed by atoms with Crippen molar-refractivity contribution in [2.24, 2.45) is 0 Å². The van der Waals surface area contributed by atoms with Gasteiger partial charge in [0.25, 0.3) is 5.91 Å². The van der Waals surface area contributed by atoms with Gasteiger partial charge in [0.1, 0.15) is 0 Å².